The summed E-state index contributed by atoms with van der Waals surface area (Å²) in [6.07, 6.45) is 12.0. The van der Waals surface area contributed by atoms with Crippen molar-refractivity contribution in [1.29, 1.82) is 5.26 Å². The van der Waals surface area contributed by atoms with E-state index in [-0.39, 0.29) is 11.8 Å². The highest BCUT2D eigenvalue weighted by Gasteiger charge is 2.34. The number of hydrogen-bond acceptors (Lipinski definition) is 3. The van der Waals surface area contributed by atoms with Crippen LogP contribution in [-0.4, -0.2) is 47.3 Å². The lowest BCUT2D eigenvalue weighted by atomic mass is 9.96. The minimum atomic E-state index is -0.540. The number of amides is 2. The zero-order valence-electron chi connectivity index (χ0n) is 14.2. The largest absolute Gasteiger partial charge is 0.334 e. The average Bonchev–Trinajstić information content (AvgIpc) is 2.67. The highest BCUT2D eigenvalue weighted by Crippen LogP contribution is 2.24. The molecule has 1 heterocycles. The maximum absolute atomic E-state index is 12.7. The van der Waals surface area contributed by atoms with Crippen LogP contribution in [0.3, 0.4) is 0 Å². The summed E-state index contributed by atoms with van der Waals surface area (Å²) in [7, 11) is 0. The standard InChI is InChI=1S/C19H25N3O2/c20-13-17-14-21(18(23)15-7-3-1-4-8-15)11-12-22(17)19(24)16-9-5-2-6-10-16/h7,9,17H,1-6,8,10-12,14H2. The molecule has 128 valence electrons. The third-order valence-corrected chi connectivity index (χ3v) is 5.21. The Kier molecular flexibility index (Phi) is 5.34. The molecule has 1 fully saturated rings. The van der Waals surface area contributed by atoms with Crippen LogP contribution < -0.4 is 0 Å². The van der Waals surface area contributed by atoms with Crippen LogP contribution in [0.2, 0.25) is 0 Å². The summed E-state index contributed by atoms with van der Waals surface area (Å²) in [4.78, 5) is 28.7. The Morgan fingerprint density at radius 3 is 2.12 bits per heavy atom. The van der Waals surface area contributed by atoms with Gasteiger partial charge in [0, 0.05) is 24.2 Å². The van der Waals surface area contributed by atoms with Crippen LogP contribution in [0.4, 0.5) is 0 Å². The van der Waals surface area contributed by atoms with Crippen LogP contribution in [0, 0.1) is 11.3 Å². The molecule has 2 aliphatic carbocycles. The molecular weight excluding hydrogens is 302 g/mol. The van der Waals surface area contributed by atoms with Crippen LogP contribution in [0.1, 0.15) is 51.4 Å². The first-order chi connectivity index (χ1) is 11.7. The second-order valence-electron chi connectivity index (χ2n) is 6.84. The minimum absolute atomic E-state index is 0.00905. The molecule has 0 saturated carbocycles. The lowest BCUT2D eigenvalue weighted by Gasteiger charge is -2.39. The van der Waals surface area contributed by atoms with Gasteiger partial charge < -0.3 is 9.80 Å². The van der Waals surface area contributed by atoms with Gasteiger partial charge in [-0.25, -0.2) is 0 Å². The van der Waals surface area contributed by atoms with Crippen molar-refractivity contribution in [2.45, 2.75) is 57.4 Å². The van der Waals surface area contributed by atoms with Crippen molar-refractivity contribution < 1.29 is 9.59 Å². The van der Waals surface area contributed by atoms with Crippen molar-refractivity contribution in [2.24, 2.45) is 0 Å². The molecule has 2 amide bonds. The molecule has 0 aromatic heterocycles. The molecule has 0 aromatic rings. The number of piperazine rings is 1. The molecule has 0 spiro atoms. The fourth-order valence-electron chi connectivity index (χ4n) is 3.77. The Labute approximate surface area is 143 Å². The van der Waals surface area contributed by atoms with E-state index >= 15 is 0 Å². The molecule has 0 aromatic carbocycles. The number of carbonyl (C=O) groups excluding carboxylic acids is 2. The minimum Gasteiger partial charge on any atom is -0.334 e. The monoisotopic (exact) mass is 327 g/mol. The van der Waals surface area contributed by atoms with Crippen molar-refractivity contribution in [2.75, 3.05) is 19.6 Å². The summed E-state index contributed by atoms with van der Waals surface area (Å²) in [6.45, 7) is 1.30. The molecule has 0 N–H and O–H groups in total. The van der Waals surface area contributed by atoms with Gasteiger partial charge in [-0.1, -0.05) is 12.2 Å². The zero-order valence-corrected chi connectivity index (χ0v) is 14.2. The summed E-state index contributed by atoms with van der Waals surface area (Å²) in [5.74, 6) is 0.0455. The van der Waals surface area contributed by atoms with Crippen LogP contribution in [0.5, 0.6) is 0 Å². The third kappa shape index (κ3) is 3.53. The van der Waals surface area contributed by atoms with E-state index in [4.69, 9.17) is 0 Å². The smallest absolute Gasteiger partial charge is 0.250 e. The van der Waals surface area contributed by atoms with Crippen molar-refractivity contribution in [1.82, 2.24) is 9.80 Å². The molecular formula is C19H25N3O2. The Balaban J connectivity index is 1.66. The van der Waals surface area contributed by atoms with E-state index in [1.165, 1.54) is 0 Å². The Morgan fingerprint density at radius 2 is 1.58 bits per heavy atom. The van der Waals surface area contributed by atoms with Gasteiger partial charge in [-0.05, 0) is 51.4 Å². The summed E-state index contributed by atoms with van der Waals surface area (Å²) < 4.78 is 0. The maximum atomic E-state index is 12.7. The molecule has 5 heteroatoms. The molecule has 1 atom stereocenters. The highest BCUT2D eigenvalue weighted by molar-refractivity contribution is 5.95. The fourth-order valence-corrected chi connectivity index (χ4v) is 3.77. The predicted molar refractivity (Wildman–Crippen MR) is 90.8 cm³/mol. The van der Waals surface area contributed by atoms with Gasteiger partial charge in [0.2, 0.25) is 5.91 Å². The van der Waals surface area contributed by atoms with Gasteiger partial charge in [-0.3, -0.25) is 9.59 Å². The molecule has 3 rings (SSSR count). The van der Waals surface area contributed by atoms with Gasteiger partial charge in [0.1, 0.15) is 6.04 Å². The molecule has 1 aliphatic heterocycles. The third-order valence-electron chi connectivity index (χ3n) is 5.21. The van der Waals surface area contributed by atoms with Gasteiger partial charge in [0.25, 0.3) is 5.91 Å². The Morgan fingerprint density at radius 1 is 0.958 bits per heavy atom. The van der Waals surface area contributed by atoms with Gasteiger partial charge in [-0.15, -0.1) is 0 Å². The van der Waals surface area contributed by atoms with Crippen LogP contribution in [0.15, 0.2) is 23.3 Å². The van der Waals surface area contributed by atoms with E-state index in [2.05, 4.69) is 6.07 Å². The number of allylic oxidation sites excluding steroid dienone is 2. The Bertz CT molecular complexity index is 615. The van der Waals surface area contributed by atoms with Gasteiger partial charge in [0.15, 0.2) is 0 Å². The van der Waals surface area contributed by atoms with Crippen LogP contribution >= 0.6 is 0 Å². The van der Waals surface area contributed by atoms with Crippen molar-refractivity contribution >= 4 is 11.8 Å². The second-order valence-corrected chi connectivity index (χ2v) is 6.84. The van der Waals surface area contributed by atoms with E-state index < -0.39 is 6.04 Å². The molecule has 1 saturated heterocycles. The number of rotatable bonds is 2. The molecule has 1 unspecified atom stereocenters. The molecule has 3 aliphatic rings. The SMILES string of the molecule is N#CC1CN(C(=O)C2=CCCCC2)CCN1C(=O)C1=CCCCC1. The van der Waals surface area contributed by atoms with E-state index in [1.54, 1.807) is 9.80 Å². The molecule has 0 bridgehead atoms. The molecule has 5 nitrogen and oxygen atoms in total. The summed E-state index contributed by atoms with van der Waals surface area (Å²) in [6, 6.07) is 1.69. The molecule has 0 radical (unpaired) electrons. The van der Waals surface area contributed by atoms with Crippen LogP contribution in [-0.2, 0) is 9.59 Å². The highest BCUT2D eigenvalue weighted by atomic mass is 16.2. The summed E-state index contributed by atoms with van der Waals surface area (Å²) in [5.41, 5.74) is 1.73. The predicted octanol–water partition coefficient (Wildman–Crippen LogP) is 2.55. The average molecular weight is 327 g/mol. The van der Waals surface area contributed by atoms with Gasteiger partial charge in [0.05, 0.1) is 12.6 Å². The number of hydrogen-bond donors (Lipinski definition) is 0. The van der Waals surface area contributed by atoms with Crippen molar-refractivity contribution in [3.8, 4) is 6.07 Å². The Hall–Kier alpha value is -2.09. The number of carbonyl (C=O) groups is 2. The van der Waals surface area contributed by atoms with E-state index in [0.29, 0.717) is 19.6 Å². The maximum Gasteiger partial charge on any atom is 0.250 e. The first-order valence-electron chi connectivity index (χ1n) is 9.08. The first kappa shape index (κ1) is 16.8. The van der Waals surface area contributed by atoms with Gasteiger partial charge >= 0.3 is 0 Å². The van der Waals surface area contributed by atoms with E-state index in [1.807, 2.05) is 12.2 Å². The lowest BCUT2D eigenvalue weighted by molar-refractivity contribution is -0.137. The van der Waals surface area contributed by atoms with E-state index in [9.17, 15) is 14.9 Å². The zero-order chi connectivity index (χ0) is 16.9. The van der Waals surface area contributed by atoms with Crippen molar-refractivity contribution in [3.05, 3.63) is 23.3 Å². The summed E-state index contributed by atoms with van der Waals surface area (Å²) in [5, 5.41) is 9.50. The first-order valence-corrected chi connectivity index (χ1v) is 9.08. The summed E-state index contributed by atoms with van der Waals surface area (Å²) >= 11 is 0. The lowest BCUT2D eigenvalue weighted by Crippen LogP contribution is -2.56. The van der Waals surface area contributed by atoms with E-state index in [0.717, 1.165) is 62.5 Å². The second kappa shape index (κ2) is 7.65. The fraction of sp³-hybridized carbons (Fsp3) is 0.632. The topological polar surface area (TPSA) is 64.4 Å². The normalized spacial score (nSPS) is 24.7. The number of nitrogens with zero attached hydrogens (tertiary/aromatic N) is 3. The molecule has 24 heavy (non-hydrogen) atoms. The number of nitriles is 1. The van der Waals surface area contributed by atoms with Crippen molar-refractivity contribution in [3.63, 3.8) is 0 Å². The quantitative estimate of drug-likeness (QED) is 0.783. The van der Waals surface area contributed by atoms with Crippen LogP contribution in [0.25, 0.3) is 0 Å². The van der Waals surface area contributed by atoms with Gasteiger partial charge in [-0.2, -0.15) is 5.26 Å².